The molecule has 0 aromatic heterocycles. The minimum absolute atomic E-state index is 0.105. The molecule has 1 fully saturated rings. The van der Waals surface area contributed by atoms with E-state index in [9.17, 15) is 14.9 Å². The molecule has 0 aliphatic carbocycles. The van der Waals surface area contributed by atoms with E-state index in [1.165, 1.54) is 0 Å². The fourth-order valence-electron chi connectivity index (χ4n) is 3.31. The van der Waals surface area contributed by atoms with Crippen LogP contribution < -0.4 is 5.32 Å². The molecule has 0 spiro atoms. The first-order chi connectivity index (χ1) is 11.4. The zero-order chi connectivity index (χ0) is 17.7. The second kappa shape index (κ2) is 8.24. The largest absolute Gasteiger partial charge is 0.359 e. The molecular formula is C18H27N3O3. The smallest absolute Gasteiger partial charge is 0.273 e. The molecule has 1 aromatic rings. The Morgan fingerprint density at radius 2 is 2.04 bits per heavy atom. The average Bonchev–Trinajstić information content (AvgIpc) is 2.56. The Balaban J connectivity index is 1.96. The van der Waals surface area contributed by atoms with Gasteiger partial charge in [-0.05, 0) is 43.3 Å². The molecule has 0 radical (unpaired) electrons. The first-order valence-electron chi connectivity index (χ1n) is 8.60. The van der Waals surface area contributed by atoms with Gasteiger partial charge in [-0.2, -0.15) is 0 Å². The number of rotatable bonds is 6. The summed E-state index contributed by atoms with van der Waals surface area (Å²) in [6.07, 6.45) is 2.60. The van der Waals surface area contributed by atoms with Gasteiger partial charge in [0.15, 0.2) is 0 Å². The van der Waals surface area contributed by atoms with Gasteiger partial charge < -0.3 is 5.32 Å². The first kappa shape index (κ1) is 18.4. The van der Waals surface area contributed by atoms with Gasteiger partial charge >= 0.3 is 0 Å². The lowest BCUT2D eigenvalue weighted by Gasteiger charge is -2.31. The molecule has 0 bridgehead atoms. The number of amides is 1. The zero-order valence-electron chi connectivity index (χ0n) is 14.7. The summed E-state index contributed by atoms with van der Waals surface area (Å²) in [7, 11) is 1.67. The number of nitrogens with one attached hydrogen (secondary N) is 1. The molecule has 0 unspecified atom stereocenters. The molecule has 1 saturated heterocycles. The van der Waals surface area contributed by atoms with Crippen LogP contribution in [0.15, 0.2) is 18.2 Å². The van der Waals surface area contributed by atoms with Crippen molar-refractivity contribution in [1.29, 1.82) is 0 Å². The number of hydrogen-bond acceptors (Lipinski definition) is 4. The Bertz CT molecular complexity index is 593. The minimum atomic E-state index is -0.283. The van der Waals surface area contributed by atoms with E-state index in [0.717, 1.165) is 43.6 Å². The highest BCUT2D eigenvalue weighted by molar-refractivity contribution is 5.75. The van der Waals surface area contributed by atoms with Gasteiger partial charge in [0.2, 0.25) is 5.91 Å². The highest BCUT2D eigenvalue weighted by atomic mass is 16.6. The quantitative estimate of drug-likeness (QED) is 0.641. The predicted octanol–water partition coefficient (Wildman–Crippen LogP) is 3.07. The van der Waals surface area contributed by atoms with E-state index in [2.05, 4.69) is 10.2 Å². The van der Waals surface area contributed by atoms with E-state index in [-0.39, 0.29) is 22.4 Å². The van der Waals surface area contributed by atoms with Gasteiger partial charge in [-0.15, -0.1) is 0 Å². The Kier molecular flexibility index (Phi) is 6.31. The summed E-state index contributed by atoms with van der Waals surface area (Å²) >= 11 is 0. The van der Waals surface area contributed by atoms with Crippen LogP contribution in [0.4, 0.5) is 5.69 Å². The summed E-state index contributed by atoms with van der Waals surface area (Å²) in [5, 5.41) is 14.0. The van der Waals surface area contributed by atoms with Gasteiger partial charge in [0.05, 0.1) is 4.92 Å². The fourth-order valence-corrected chi connectivity index (χ4v) is 3.31. The lowest BCUT2D eigenvalue weighted by atomic mass is 9.92. The molecule has 0 atom stereocenters. The van der Waals surface area contributed by atoms with Crippen LogP contribution in [0.2, 0.25) is 0 Å². The number of nitro benzene ring substituents is 1. The van der Waals surface area contributed by atoms with E-state index in [0.29, 0.717) is 12.3 Å². The number of carbonyl (C=O) groups excluding carboxylic acids is 1. The van der Waals surface area contributed by atoms with Crippen molar-refractivity contribution in [3.05, 3.63) is 39.4 Å². The van der Waals surface area contributed by atoms with Crippen molar-refractivity contribution < 1.29 is 9.72 Å². The van der Waals surface area contributed by atoms with E-state index in [4.69, 9.17) is 0 Å². The number of piperidine rings is 1. The number of likely N-dealkylation sites (tertiary alicyclic amines) is 1. The van der Waals surface area contributed by atoms with Crippen molar-refractivity contribution in [2.24, 2.45) is 5.92 Å². The normalized spacial score (nSPS) is 16.3. The molecule has 1 amide bonds. The monoisotopic (exact) mass is 333 g/mol. The van der Waals surface area contributed by atoms with Crippen molar-refractivity contribution in [3.63, 3.8) is 0 Å². The summed E-state index contributed by atoms with van der Waals surface area (Å²) in [4.78, 5) is 24.8. The maximum atomic E-state index is 11.5. The molecule has 1 aliphatic rings. The Morgan fingerprint density at radius 3 is 2.58 bits per heavy atom. The number of benzene rings is 1. The maximum Gasteiger partial charge on any atom is 0.273 e. The average molecular weight is 333 g/mol. The van der Waals surface area contributed by atoms with Crippen LogP contribution in [-0.4, -0.2) is 35.9 Å². The second-order valence-electron chi connectivity index (χ2n) is 6.90. The van der Waals surface area contributed by atoms with E-state index >= 15 is 0 Å². The highest BCUT2D eigenvalue weighted by Gasteiger charge is 2.22. The summed E-state index contributed by atoms with van der Waals surface area (Å²) in [6, 6.07) is 5.60. The van der Waals surface area contributed by atoms with Gasteiger partial charge in [0.1, 0.15) is 0 Å². The van der Waals surface area contributed by atoms with Gasteiger partial charge in [-0.3, -0.25) is 19.8 Å². The molecule has 2 rings (SSSR count). The van der Waals surface area contributed by atoms with E-state index < -0.39 is 0 Å². The Labute approximate surface area is 143 Å². The van der Waals surface area contributed by atoms with Gasteiger partial charge in [0.25, 0.3) is 5.69 Å². The molecule has 0 saturated carbocycles. The predicted molar refractivity (Wildman–Crippen MR) is 93.9 cm³/mol. The summed E-state index contributed by atoms with van der Waals surface area (Å²) in [5.74, 6) is 0.687. The van der Waals surface area contributed by atoms with Crippen LogP contribution in [0.5, 0.6) is 0 Å². The van der Waals surface area contributed by atoms with Crippen LogP contribution in [0.1, 0.15) is 50.2 Å². The summed E-state index contributed by atoms with van der Waals surface area (Å²) < 4.78 is 0. The molecule has 6 heteroatoms. The third-order valence-corrected chi connectivity index (χ3v) is 4.78. The number of nitrogens with zero attached hydrogens (tertiary/aromatic N) is 2. The number of hydrogen-bond donors (Lipinski definition) is 1. The van der Waals surface area contributed by atoms with E-state index in [1.54, 1.807) is 13.1 Å². The molecule has 1 heterocycles. The van der Waals surface area contributed by atoms with Crippen LogP contribution >= 0.6 is 0 Å². The standard InChI is InChI=1S/C18H27N3O3/c1-13(2)16-5-4-15(10-17(16)21(23)24)12-20-8-6-14(7-9-20)11-18(22)19-3/h4-5,10,13-14H,6-9,11-12H2,1-3H3,(H,19,22). The number of nitro groups is 1. The topological polar surface area (TPSA) is 75.5 Å². The minimum Gasteiger partial charge on any atom is -0.359 e. The van der Waals surface area contributed by atoms with Crippen molar-refractivity contribution in [3.8, 4) is 0 Å². The van der Waals surface area contributed by atoms with Crippen LogP contribution in [0, 0.1) is 16.0 Å². The maximum absolute atomic E-state index is 11.5. The molecule has 6 nitrogen and oxygen atoms in total. The second-order valence-corrected chi connectivity index (χ2v) is 6.90. The molecule has 132 valence electrons. The SMILES string of the molecule is CNC(=O)CC1CCN(Cc2ccc(C(C)C)c([N+](=O)[O-])c2)CC1. The first-order valence-corrected chi connectivity index (χ1v) is 8.60. The number of carbonyl (C=O) groups is 1. The van der Waals surface area contributed by atoms with Gasteiger partial charge in [-0.1, -0.05) is 26.0 Å². The van der Waals surface area contributed by atoms with Crippen LogP contribution in [0.25, 0.3) is 0 Å². The fraction of sp³-hybridized carbons (Fsp3) is 0.611. The van der Waals surface area contributed by atoms with Crippen molar-refractivity contribution in [2.45, 2.75) is 45.6 Å². The summed E-state index contributed by atoms with van der Waals surface area (Å²) in [5.41, 5.74) is 1.99. The van der Waals surface area contributed by atoms with Crippen molar-refractivity contribution in [2.75, 3.05) is 20.1 Å². The van der Waals surface area contributed by atoms with Gasteiger partial charge in [0, 0.05) is 31.6 Å². The zero-order valence-corrected chi connectivity index (χ0v) is 14.7. The third kappa shape index (κ3) is 4.77. The Morgan fingerprint density at radius 1 is 1.38 bits per heavy atom. The summed E-state index contributed by atoms with van der Waals surface area (Å²) in [6.45, 7) is 6.53. The van der Waals surface area contributed by atoms with Crippen molar-refractivity contribution in [1.82, 2.24) is 10.2 Å². The highest BCUT2D eigenvalue weighted by Crippen LogP contribution is 2.28. The lowest BCUT2D eigenvalue weighted by Crippen LogP contribution is -2.35. The molecule has 24 heavy (non-hydrogen) atoms. The molecule has 1 aliphatic heterocycles. The van der Waals surface area contributed by atoms with Crippen LogP contribution in [0.3, 0.4) is 0 Å². The molecular weight excluding hydrogens is 306 g/mol. The Hall–Kier alpha value is -1.95. The van der Waals surface area contributed by atoms with Gasteiger partial charge in [-0.25, -0.2) is 0 Å². The molecule has 1 N–H and O–H groups in total. The van der Waals surface area contributed by atoms with Crippen molar-refractivity contribution >= 4 is 11.6 Å². The van der Waals surface area contributed by atoms with Crippen LogP contribution in [-0.2, 0) is 11.3 Å². The lowest BCUT2D eigenvalue weighted by molar-refractivity contribution is -0.385. The third-order valence-electron chi connectivity index (χ3n) is 4.78. The van der Waals surface area contributed by atoms with E-state index in [1.807, 2.05) is 26.0 Å². The molecule has 1 aromatic carbocycles.